The van der Waals surface area contributed by atoms with E-state index in [1.165, 1.54) is 0 Å². The van der Waals surface area contributed by atoms with Crippen molar-refractivity contribution >= 4 is 5.91 Å². The first-order valence-electron chi connectivity index (χ1n) is 8.13. The van der Waals surface area contributed by atoms with Crippen LogP contribution in [-0.2, 0) is 14.3 Å². The highest BCUT2D eigenvalue weighted by molar-refractivity contribution is 5.85. The highest BCUT2D eigenvalue weighted by atomic mass is 16.7. The van der Waals surface area contributed by atoms with Gasteiger partial charge in [0, 0.05) is 25.9 Å². The predicted octanol–water partition coefficient (Wildman–Crippen LogP) is 2.57. The number of ether oxygens (including phenoxy) is 2. The van der Waals surface area contributed by atoms with Crippen molar-refractivity contribution in [3.8, 4) is 0 Å². The number of carbonyl (C=O) groups excluding carboxylic acids is 1. The Morgan fingerprint density at radius 3 is 2.35 bits per heavy atom. The SMILES string of the molecule is CC(C)CCN1CCC2(CCC3(CC2)OCCO3)C1=O. The fourth-order valence-electron chi connectivity index (χ4n) is 3.88. The lowest BCUT2D eigenvalue weighted by Crippen LogP contribution is -2.44. The van der Waals surface area contributed by atoms with Crippen molar-refractivity contribution in [1.29, 1.82) is 0 Å². The van der Waals surface area contributed by atoms with E-state index in [1.807, 2.05) is 0 Å². The van der Waals surface area contributed by atoms with Crippen LogP contribution in [-0.4, -0.2) is 42.9 Å². The first-order valence-corrected chi connectivity index (χ1v) is 8.13. The van der Waals surface area contributed by atoms with Crippen LogP contribution in [0.5, 0.6) is 0 Å². The van der Waals surface area contributed by atoms with Gasteiger partial charge in [0.2, 0.25) is 5.91 Å². The summed E-state index contributed by atoms with van der Waals surface area (Å²) in [6, 6.07) is 0. The van der Waals surface area contributed by atoms with Crippen LogP contribution >= 0.6 is 0 Å². The van der Waals surface area contributed by atoms with Crippen LogP contribution in [0, 0.1) is 11.3 Å². The van der Waals surface area contributed by atoms with Gasteiger partial charge in [-0.15, -0.1) is 0 Å². The van der Waals surface area contributed by atoms with Crippen LogP contribution in [0.3, 0.4) is 0 Å². The van der Waals surface area contributed by atoms with Crippen LogP contribution in [0.25, 0.3) is 0 Å². The van der Waals surface area contributed by atoms with Crippen molar-refractivity contribution in [2.75, 3.05) is 26.3 Å². The molecule has 4 heteroatoms. The second-order valence-electron chi connectivity index (χ2n) is 7.11. The molecule has 1 amide bonds. The summed E-state index contributed by atoms with van der Waals surface area (Å²) in [6.45, 7) is 7.73. The molecule has 4 nitrogen and oxygen atoms in total. The summed E-state index contributed by atoms with van der Waals surface area (Å²) in [5, 5.41) is 0. The lowest BCUT2D eigenvalue weighted by atomic mass is 9.71. The number of hydrogen-bond acceptors (Lipinski definition) is 3. The van der Waals surface area contributed by atoms with Gasteiger partial charge < -0.3 is 14.4 Å². The molecule has 3 aliphatic rings. The van der Waals surface area contributed by atoms with Crippen molar-refractivity contribution in [1.82, 2.24) is 4.90 Å². The Morgan fingerprint density at radius 2 is 1.75 bits per heavy atom. The number of rotatable bonds is 3. The average Bonchev–Trinajstić information content (AvgIpc) is 2.99. The van der Waals surface area contributed by atoms with Gasteiger partial charge in [-0.3, -0.25) is 4.79 Å². The molecule has 0 unspecified atom stereocenters. The van der Waals surface area contributed by atoms with Crippen LogP contribution in [0.1, 0.15) is 52.4 Å². The van der Waals surface area contributed by atoms with Crippen LogP contribution in [0.15, 0.2) is 0 Å². The molecule has 0 radical (unpaired) electrons. The fourth-order valence-corrected chi connectivity index (χ4v) is 3.88. The smallest absolute Gasteiger partial charge is 0.228 e. The van der Waals surface area contributed by atoms with Gasteiger partial charge in [0.15, 0.2) is 5.79 Å². The van der Waals surface area contributed by atoms with E-state index >= 15 is 0 Å². The number of nitrogens with zero attached hydrogens (tertiary/aromatic N) is 1. The Labute approximate surface area is 121 Å². The minimum atomic E-state index is -0.350. The molecular formula is C16H27NO3. The maximum Gasteiger partial charge on any atom is 0.228 e. The molecule has 2 saturated heterocycles. The zero-order valence-electron chi connectivity index (χ0n) is 12.8. The molecule has 2 heterocycles. The van der Waals surface area contributed by atoms with Crippen LogP contribution < -0.4 is 0 Å². The third-order valence-corrected chi connectivity index (χ3v) is 5.36. The lowest BCUT2D eigenvalue weighted by molar-refractivity contribution is -0.192. The summed E-state index contributed by atoms with van der Waals surface area (Å²) >= 11 is 0. The van der Waals surface area contributed by atoms with Gasteiger partial charge in [0.05, 0.1) is 18.6 Å². The quantitative estimate of drug-likeness (QED) is 0.798. The van der Waals surface area contributed by atoms with Crippen molar-refractivity contribution in [3.63, 3.8) is 0 Å². The van der Waals surface area contributed by atoms with Crippen molar-refractivity contribution in [3.05, 3.63) is 0 Å². The number of amides is 1. The highest BCUT2D eigenvalue weighted by Crippen LogP contribution is 2.49. The van der Waals surface area contributed by atoms with E-state index in [0.717, 1.165) is 51.6 Å². The summed E-state index contributed by atoms with van der Waals surface area (Å²) in [7, 11) is 0. The molecular weight excluding hydrogens is 254 g/mol. The van der Waals surface area contributed by atoms with Crippen LogP contribution in [0.2, 0.25) is 0 Å². The summed E-state index contributed by atoms with van der Waals surface area (Å²) in [4.78, 5) is 14.8. The molecule has 0 aromatic rings. The molecule has 0 atom stereocenters. The summed E-state index contributed by atoms with van der Waals surface area (Å²) in [5.74, 6) is 0.705. The Hall–Kier alpha value is -0.610. The largest absolute Gasteiger partial charge is 0.348 e. The Balaban J connectivity index is 1.59. The zero-order chi connectivity index (χ0) is 14.2. The standard InChI is InChI=1S/C16H27NO3/c1-13(2)3-9-17-10-8-15(14(17)18)4-6-16(7-5-15)19-11-12-20-16/h13H,3-12H2,1-2H3. The molecule has 3 rings (SSSR count). The topological polar surface area (TPSA) is 38.8 Å². The van der Waals surface area contributed by atoms with Gasteiger partial charge in [-0.25, -0.2) is 0 Å². The van der Waals surface area contributed by atoms with E-state index in [-0.39, 0.29) is 11.2 Å². The van der Waals surface area contributed by atoms with E-state index in [2.05, 4.69) is 18.7 Å². The van der Waals surface area contributed by atoms with E-state index < -0.39 is 0 Å². The molecule has 1 aliphatic carbocycles. The van der Waals surface area contributed by atoms with Gasteiger partial charge in [0.25, 0.3) is 0 Å². The first kappa shape index (κ1) is 14.3. The third kappa shape index (κ3) is 2.48. The van der Waals surface area contributed by atoms with Gasteiger partial charge in [-0.2, -0.15) is 0 Å². The third-order valence-electron chi connectivity index (χ3n) is 5.36. The van der Waals surface area contributed by atoms with E-state index in [1.54, 1.807) is 0 Å². The fraction of sp³-hybridized carbons (Fsp3) is 0.938. The molecule has 0 aromatic carbocycles. The second kappa shape index (κ2) is 5.30. The molecule has 3 fully saturated rings. The highest BCUT2D eigenvalue weighted by Gasteiger charge is 2.53. The van der Waals surface area contributed by atoms with Crippen LogP contribution in [0.4, 0.5) is 0 Å². The molecule has 1 saturated carbocycles. The zero-order valence-corrected chi connectivity index (χ0v) is 12.8. The van der Waals surface area contributed by atoms with E-state index in [0.29, 0.717) is 25.0 Å². The summed E-state index contributed by atoms with van der Waals surface area (Å²) in [6.07, 6.45) is 5.78. The molecule has 0 aromatic heterocycles. The van der Waals surface area contributed by atoms with Crippen molar-refractivity contribution in [2.45, 2.75) is 58.2 Å². The number of carbonyl (C=O) groups is 1. The van der Waals surface area contributed by atoms with E-state index in [4.69, 9.17) is 9.47 Å². The maximum absolute atomic E-state index is 12.7. The molecule has 20 heavy (non-hydrogen) atoms. The monoisotopic (exact) mass is 281 g/mol. The molecule has 0 N–H and O–H groups in total. The number of hydrogen-bond donors (Lipinski definition) is 0. The molecule has 114 valence electrons. The van der Waals surface area contributed by atoms with Crippen molar-refractivity contribution < 1.29 is 14.3 Å². The summed E-state index contributed by atoms with van der Waals surface area (Å²) < 4.78 is 11.6. The Morgan fingerprint density at radius 1 is 1.10 bits per heavy atom. The number of likely N-dealkylation sites (tertiary alicyclic amines) is 1. The van der Waals surface area contributed by atoms with Gasteiger partial charge >= 0.3 is 0 Å². The van der Waals surface area contributed by atoms with Gasteiger partial charge in [-0.1, -0.05) is 13.8 Å². The van der Waals surface area contributed by atoms with Crippen molar-refractivity contribution in [2.24, 2.45) is 11.3 Å². The molecule has 2 aliphatic heterocycles. The predicted molar refractivity (Wildman–Crippen MR) is 76.2 cm³/mol. The maximum atomic E-state index is 12.7. The van der Waals surface area contributed by atoms with Gasteiger partial charge in [0.1, 0.15) is 0 Å². The minimum Gasteiger partial charge on any atom is -0.348 e. The minimum absolute atomic E-state index is 0.0997. The Bertz CT molecular complexity index is 364. The average molecular weight is 281 g/mol. The molecule has 2 spiro atoms. The Kier molecular flexibility index (Phi) is 3.80. The normalized spacial score (nSPS) is 28.1. The first-order chi connectivity index (χ1) is 9.55. The second-order valence-corrected chi connectivity index (χ2v) is 7.11. The summed E-state index contributed by atoms with van der Waals surface area (Å²) in [5.41, 5.74) is -0.0997. The van der Waals surface area contributed by atoms with Gasteiger partial charge in [-0.05, 0) is 31.6 Å². The molecule has 0 bridgehead atoms. The van der Waals surface area contributed by atoms with E-state index in [9.17, 15) is 4.79 Å². The lowest BCUT2D eigenvalue weighted by Gasteiger charge is -2.40.